The fourth-order valence-electron chi connectivity index (χ4n) is 2.41. The van der Waals surface area contributed by atoms with Crippen LogP contribution in [-0.4, -0.2) is 31.2 Å². The fraction of sp³-hybridized carbons (Fsp3) is 0.571. The third-order valence-corrected chi connectivity index (χ3v) is 3.91. The number of hydrogen-bond acceptors (Lipinski definition) is 3. The van der Waals surface area contributed by atoms with Crippen LogP contribution in [0.1, 0.15) is 24.0 Å². The van der Waals surface area contributed by atoms with E-state index in [4.69, 9.17) is 10.5 Å². The summed E-state index contributed by atoms with van der Waals surface area (Å²) in [6.07, 6.45) is 1.94. The number of hydrogen-bond donors (Lipinski definition) is 1. The lowest BCUT2D eigenvalue weighted by molar-refractivity contribution is 0.0337. The molecule has 1 heterocycles. The fourth-order valence-corrected chi connectivity index (χ4v) is 2.41. The molecule has 1 aromatic carbocycles. The van der Waals surface area contributed by atoms with Crippen LogP contribution >= 0.6 is 0 Å². The summed E-state index contributed by atoms with van der Waals surface area (Å²) in [6, 6.07) is 5.47. The van der Waals surface area contributed by atoms with E-state index in [9.17, 15) is 4.39 Å². The average molecular weight is 250 g/mol. The molecule has 1 aromatic rings. The monoisotopic (exact) mass is 250 g/mol. The van der Waals surface area contributed by atoms with Crippen LogP contribution < -0.4 is 5.73 Å². The summed E-state index contributed by atoms with van der Waals surface area (Å²) in [7, 11) is 0. The van der Waals surface area contributed by atoms with Gasteiger partial charge in [-0.3, -0.25) is 4.90 Å². The van der Waals surface area contributed by atoms with Gasteiger partial charge >= 0.3 is 0 Å². The molecule has 1 saturated heterocycles. The molecule has 3 rings (SSSR count). The van der Waals surface area contributed by atoms with Gasteiger partial charge in [0.2, 0.25) is 0 Å². The van der Waals surface area contributed by atoms with Crippen molar-refractivity contribution in [2.75, 3.05) is 26.3 Å². The van der Waals surface area contributed by atoms with Gasteiger partial charge in [0.1, 0.15) is 5.82 Å². The predicted octanol–water partition coefficient (Wildman–Crippen LogP) is 1.61. The first-order valence-electron chi connectivity index (χ1n) is 6.55. The molecule has 0 spiro atoms. The zero-order valence-electron chi connectivity index (χ0n) is 10.5. The molecule has 3 nitrogen and oxygen atoms in total. The number of nitrogens with two attached hydrogens (primary N) is 1. The van der Waals surface area contributed by atoms with Crippen molar-refractivity contribution in [2.24, 2.45) is 5.73 Å². The summed E-state index contributed by atoms with van der Waals surface area (Å²) in [6.45, 7) is 3.90. The maximum atomic E-state index is 14.0. The quantitative estimate of drug-likeness (QED) is 0.885. The highest BCUT2D eigenvalue weighted by atomic mass is 19.1. The Balaban J connectivity index is 1.72. The summed E-state index contributed by atoms with van der Waals surface area (Å²) in [5, 5.41) is 0. The van der Waals surface area contributed by atoms with Crippen molar-refractivity contribution < 1.29 is 9.13 Å². The predicted molar refractivity (Wildman–Crippen MR) is 67.6 cm³/mol. The topological polar surface area (TPSA) is 38.5 Å². The molecule has 2 N–H and O–H groups in total. The van der Waals surface area contributed by atoms with E-state index in [0.29, 0.717) is 6.54 Å². The third kappa shape index (κ3) is 2.41. The second kappa shape index (κ2) is 4.61. The lowest BCUT2D eigenvalue weighted by Gasteiger charge is -2.26. The summed E-state index contributed by atoms with van der Waals surface area (Å²) in [4.78, 5) is 2.22. The van der Waals surface area contributed by atoms with Gasteiger partial charge in [0, 0.05) is 30.7 Å². The van der Waals surface area contributed by atoms with Gasteiger partial charge in [-0.15, -0.1) is 0 Å². The van der Waals surface area contributed by atoms with E-state index in [0.717, 1.165) is 50.3 Å². The molecule has 4 heteroatoms. The Morgan fingerprint density at radius 3 is 2.61 bits per heavy atom. The van der Waals surface area contributed by atoms with Gasteiger partial charge in [-0.2, -0.15) is 0 Å². The maximum absolute atomic E-state index is 14.0. The van der Waals surface area contributed by atoms with Gasteiger partial charge in [0.15, 0.2) is 0 Å². The molecule has 0 amide bonds. The van der Waals surface area contributed by atoms with E-state index in [1.54, 1.807) is 6.07 Å². The smallest absolute Gasteiger partial charge is 0.128 e. The van der Waals surface area contributed by atoms with E-state index in [2.05, 4.69) is 4.90 Å². The van der Waals surface area contributed by atoms with Crippen molar-refractivity contribution in [1.29, 1.82) is 0 Å². The molecule has 98 valence electrons. The van der Waals surface area contributed by atoms with Crippen LogP contribution in [0.5, 0.6) is 0 Å². The molecule has 18 heavy (non-hydrogen) atoms. The molecular formula is C14H19FN2O. The molecule has 1 aliphatic heterocycles. The SMILES string of the molecule is NC1(c2ccc(CN3CCOCC3)c(F)c2)CC1. The largest absolute Gasteiger partial charge is 0.379 e. The van der Waals surface area contributed by atoms with Crippen LogP contribution in [0.3, 0.4) is 0 Å². The van der Waals surface area contributed by atoms with E-state index < -0.39 is 0 Å². The standard InChI is InChI=1S/C14H19FN2O/c15-13-9-12(14(16)3-4-14)2-1-11(13)10-17-5-7-18-8-6-17/h1-2,9H,3-8,10,16H2. The first kappa shape index (κ1) is 12.1. The van der Waals surface area contributed by atoms with E-state index in [1.807, 2.05) is 12.1 Å². The number of benzene rings is 1. The zero-order valence-corrected chi connectivity index (χ0v) is 10.5. The highest BCUT2D eigenvalue weighted by molar-refractivity contribution is 5.33. The molecule has 0 aromatic heterocycles. The molecule has 2 aliphatic rings. The Hall–Kier alpha value is -0.970. The van der Waals surface area contributed by atoms with Crippen LogP contribution in [0, 0.1) is 5.82 Å². The highest BCUT2D eigenvalue weighted by Crippen LogP contribution is 2.42. The molecule has 0 bridgehead atoms. The first-order valence-corrected chi connectivity index (χ1v) is 6.55. The van der Waals surface area contributed by atoms with Crippen molar-refractivity contribution >= 4 is 0 Å². The highest BCUT2D eigenvalue weighted by Gasteiger charge is 2.40. The Bertz CT molecular complexity index is 439. The Morgan fingerprint density at radius 2 is 2.00 bits per heavy atom. The van der Waals surface area contributed by atoms with Crippen molar-refractivity contribution in [3.8, 4) is 0 Å². The van der Waals surface area contributed by atoms with Crippen LogP contribution in [0.25, 0.3) is 0 Å². The zero-order chi connectivity index (χ0) is 12.6. The van der Waals surface area contributed by atoms with Crippen LogP contribution in [0.2, 0.25) is 0 Å². The third-order valence-electron chi connectivity index (χ3n) is 3.91. The molecule has 0 atom stereocenters. The van der Waals surface area contributed by atoms with E-state index in [1.165, 1.54) is 0 Å². The Morgan fingerprint density at radius 1 is 1.28 bits per heavy atom. The number of ether oxygens (including phenoxy) is 1. The average Bonchev–Trinajstić information content (AvgIpc) is 3.12. The van der Waals surface area contributed by atoms with Gasteiger partial charge in [-0.25, -0.2) is 4.39 Å². The summed E-state index contributed by atoms with van der Waals surface area (Å²) in [5.41, 5.74) is 7.52. The van der Waals surface area contributed by atoms with Gasteiger partial charge in [-0.1, -0.05) is 12.1 Å². The van der Waals surface area contributed by atoms with E-state index in [-0.39, 0.29) is 11.4 Å². The Kier molecular flexibility index (Phi) is 3.09. The van der Waals surface area contributed by atoms with Gasteiger partial charge in [0.25, 0.3) is 0 Å². The summed E-state index contributed by atoms with van der Waals surface area (Å²) < 4.78 is 19.3. The maximum Gasteiger partial charge on any atom is 0.128 e. The van der Waals surface area contributed by atoms with E-state index >= 15 is 0 Å². The Labute approximate surface area is 107 Å². The van der Waals surface area contributed by atoms with Crippen LogP contribution in [0.4, 0.5) is 4.39 Å². The van der Waals surface area contributed by atoms with Gasteiger partial charge in [-0.05, 0) is 24.5 Å². The van der Waals surface area contributed by atoms with Crippen LogP contribution in [-0.2, 0) is 16.8 Å². The molecule has 0 radical (unpaired) electrons. The van der Waals surface area contributed by atoms with Crippen molar-refractivity contribution in [3.63, 3.8) is 0 Å². The first-order chi connectivity index (χ1) is 8.67. The van der Waals surface area contributed by atoms with Crippen molar-refractivity contribution in [1.82, 2.24) is 4.90 Å². The minimum absolute atomic E-state index is 0.129. The molecule has 2 fully saturated rings. The molecule has 1 saturated carbocycles. The summed E-state index contributed by atoms with van der Waals surface area (Å²) >= 11 is 0. The second-order valence-electron chi connectivity index (χ2n) is 5.35. The number of nitrogens with zero attached hydrogens (tertiary/aromatic N) is 1. The normalized spacial score (nSPS) is 23.0. The number of morpholine rings is 1. The summed E-state index contributed by atoms with van der Waals surface area (Å²) in [5.74, 6) is -0.129. The molecular weight excluding hydrogens is 231 g/mol. The molecule has 1 aliphatic carbocycles. The molecule has 0 unspecified atom stereocenters. The van der Waals surface area contributed by atoms with Gasteiger partial charge < -0.3 is 10.5 Å². The minimum Gasteiger partial charge on any atom is -0.379 e. The van der Waals surface area contributed by atoms with Crippen molar-refractivity contribution in [3.05, 3.63) is 35.1 Å². The number of rotatable bonds is 3. The minimum atomic E-state index is -0.252. The van der Waals surface area contributed by atoms with Crippen molar-refractivity contribution in [2.45, 2.75) is 24.9 Å². The van der Waals surface area contributed by atoms with Gasteiger partial charge in [0.05, 0.1) is 13.2 Å². The van der Waals surface area contributed by atoms with Crippen LogP contribution in [0.15, 0.2) is 18.2 Å². The lowest BCUT2D eigenvalue weighted by atomic mass is 10.0. The second-order valence-corrected chi connectivity index (χ2v) is 5.35. The number of halogens is 1. The lowest BCUT2D eigenvalue weighted by Crippen LogP contribution is -2.35.